The summed E-state index contributed by atoms with van der Waals surface area (Å²) >= 11 is 3.48. The summed E-state index contributed by atoms with van der Waals surface area (Å²) in [5.41, 5.74) is 4.73. The molecule has 0 radical (unpaired) electrons. The predicted molar refractivity (Wildman–Crippen MR) is 129 cm³/mol. The van der Waals surface area contributed by atoms with Gasteiger partial charge in [-0.3, -0.25) is 4.79 Å². The van der Waals surface area contributed by atoms with E-state index in [1.165, 1.54) is 5.69 Å². The molecule has 160 valence electrons. The lowest BCUT2D eigenvalue weighted by molar-refractivity contribution is 0.102. The Morgan fingerprint density at radius 3 is 2.61 bits per heavy atom. The summed E-state index contributed by atoms with van der Waals surface area (Å²) in [6.45, 7) is 1.31. The molecule has 4 rings (SSSR count). The third-order valence-corrected chi connectivity index (χ3v) is 5.87. The van der Waals surface area contributed by atoms with Crippen LogP contribution in [0.2, 0.25) is 0 Å². The van der Waals surface area contributed by atoms with E-state index in [2.05, 4.69) is 56.0 Å². The molecule has 1 amide bonds. The lowest BCUT2D eigenvalue weighted by Crippen LogP contribution is -2.23. The zero-order chi connectivity index (χ0) is 21.8. The normalized spacial score (nSPS) is 14.7. The molecule has 0 saturated heterocycles. The highest BCUT2D eigenvalue weighted by atomic mass is 79.9. The van der Waals surface area contributed by atoms with Crippen LogP contribution in [0.3, 0.4) is 0 Å². The fraction of sp³-hybridized carbons (Fsp3) is 0.208. The first kappa shape index (κ1) is 21.2. The number of nitrogens with one attached hydrogen (secondary N) is 3. The van der Waals surface area contributed by atoms with Gasteiger partial charge in [0, 0.05) is 24.8 Å². The molecule has 1 unspecified atom stereocenters. The third-order valence-electron chi connectivity index (χ3n) is 5.25. The number of ether oxygens (including phenoxy) is 1. The molecular weight excluding hydrogens is 456 g/mol. The molecule has 3 aromatic carbocycles. The van der Waals surface area contributed by atoms with Crippen LogP contribution in [0.5, 0.6) is 5.75 Å². The monoisotopic (exact) mass is 480 g/mol. The summed E-state index contributed by atoms with van der Waals surface area (Å²) in [6, 6.07) is 21.5. The van der Waals surface area contributed by atoms with Crippen LogP contribution in [0.25, 0.3) is 0 Å². The second kappa shape index (κ2) is 9.41. The molecule has 6 nitrogen and oxygen atoms in total. The Morgan fingerprint density at radius 2 is 1.90 bits per heavy atom. The van der Waals surface area contributed by atoms with E-state index in [1.54, 1.807) is 18.2 Å². The van der Waals surface area contributed by atoms with Gasteiger partial charge >= 0.3 is 0 Å². The maximum atomic E-state index is 12.7. The van der Waals surface area contributed by atoms with E-state index < -0.39 is 0 Å². The minimum absolute atomic E-state index is 0.0635. The van der Waals surface area contributed by atoms with Crippen molar-refractivity contribution in [3.63, 3.8) is 0 Å². The second-order valence-corrected chi connectivity index (χ2v) is 8.20. The van der Waals surface area contributed by atoms with Gasteiger partial charge in [0.15, 0.2) is 0 Å². The van der Waals surface area contributed by atoms with Gasteiger partial charge < -0.3 is 25.6 Å². The van der Waals surface area contributed by atoms with Gasteiger partial charge in [0.2, 0.25) is 0 Å². The lowest BCUT2D eigenvalue weighted by Gasteiger charge is -2.22. The number of hydrogen-bond donors (Lipinski definition) is 3. The molecule has 3 aromatic rings. The van der Waals surface area contributed by atoms with Crippen LogP contribution in [0.1, 0.15) is 22.1 Å². The van der Waals surface area contributed by atoms with E-state index in [9.17, 15) is 4.79 Å². The van der Waals surface area contributed by atoms with Crippen molar-refractivity contribution in [1.29, 1.82) is 0 Å². The first-order valence-corrected chi connectivity index (χ1v) is 10.9. The molecule has 0 spiro atoms. The molecule has 0 fully saturated rings. The molecule has 1 aliphatic heterocycles. The topological polar surface area (TPSA) is 65.6 Å². The van der Waals surface area contributed by atoms with Gasteiger partial charge in [0.05, 0.1) is 15.8 Å². The summed E-state index contributed by atoms with van der Waals surface area (Å²) in [7, 11) is 3.95. The third kappa shape index (κ3) is 4.68. The zero-order valence-electron chi connectivity index (χ0n) is 17.5. The van der Waals surface area contributed by atoms with E-state index in [0.29, 0.717) is 17.9 Å². The molecule has 1 atom stereocenters. The highest BCUT2D eigenvalue weighted by Gasteiger charge is 2.26. The largest absolute Gasteiger partial charge is 0.491 e. The summed E-state index contributed by atoms with van der Waals surface area (Å²) in [4.78, 5) is 14.9. The van der Waals surface area contributed by atoms with Gasteiger partial charge in [-0.15, -0.1) is 0 Å². The van der Waals surface area contributed by atoms with E-state index >= 15 is 0 Å². The van der Waals surface area contributed by atoms with E-state index in [1.807, 2.05) is 43.4 Å². The van der Waals surface area contributed by atoms with Crippen molar-refractivity contribution >= 4 is 38.9 Å². The predicted octanol–water partition coefficient (Wildman–Crippen LogP) is 4.86. The average molecular weight is 481 g/mol. The number of rotatable bonds is 7. The Morgan fingerprint density at radius 1 is 1.13 bits per heavy atom. The van der Waals surface area contributed by atoms with E-state index in [0.717, 1.165) is 28.0 Å². The number of halogens is 1. The lowest BCUT2D eigenvalue weighted by atomic mass is 10.1. The van der Waals surface area contributed by atoms with Gasteiger partial charge in [-0.2, -0.15) is 0 Å². The molecule has 0 aliphatic carbocycles. The smallest absolute Gasteiger partial charge is 0.255 e. The Bertz CT molecular complexity index is 1070. The summed E-state index contributed by atoms with van der Waals surface area (Å²) in [5.74, 6) is 0.545. The first-order valence-electron chi connectivity index (χ1n) is 10.1. The van der Waals surface area contributed by atoms with Crippen molar-refractivity contribution < 1.29 is 9.53 Å². The molecule has 0 aromatic heterocycles. The second-order valence-electron chi connectivity index (χ2n) is 7.35. The Balaban J connectivity index is 1.40. The molecule has 7 heteroatoms. The maximum Gasteiger partial charge on any atom is 0.255 e. The molecule has 0 saturated carbocycles. The quantitative estimate of drug-likeness (QED) is 0.421. The zero-order valence-corrected chi connectivity index (χ0v) is 19.1. The molecule has 1 heterocycles. The van der Waals surface area contributed by atoms with Crippen molar-refractivity contribution in [3.8, 4) is 5.75 Å². The van der Waals surface area contributed by atoms with Crippen molar-refractivity contribution in [2.75, 3.05) is 42.8 Å². The van der Waals surface area contributed by atoms with Crippen LogP contribution in [0.4, 0.5) is 17.1 Å². The van der Waals surface area contributed by atoms with E-state index in [-0.39, 0.29) is 12.1 Å². The van der Waals surface area contributed by atoms with Crippen molar-refractivity contribution in [1.82, 2.24) is 5.32 Å². The number of likely N-dealkylation sites (N-methyl/N-ethyl adjacent to an activating group) is 1. The molecule has 0 bridgehead atoms. The van der Waals surface area contributed by atoms with Gasteiger partial charge in [0.25, 0.3) is 5.91 Å². The summed E-state index contributed by atoms with van der Waals surface area (Å²) in [5, 5.41) is 9.52. The number of carbonyl (C=O) groups is 1. The highest BCUT2D eigenvalue weighted by Crippen LogP contribution is 2.39. The Kier molecular flexibility index (Phi) is 6.44. The first-order chi connectivity index (χ1) is 15.1. The van der Waals surface area contributed by atoms with E-state index in [4.69, 9.17) is 4.74 Å². The van der Waals surface area contributed by atoms with Gasteiger partial charge in [-0.05, 0) is 71.0 Å². The molecule has 1 aliphatic rings. The molecule has 3 N–H and O–H groups in total. The van der Waals surface area contributed by atoms with Crippen LogP contribution < -0.4 is 25.6 Å². The van der Waals surface area contributed by atoms with Crippen LogP contribution in [-0.4, -0.2) is 33.2 Å². The van der Waals surface area contributed by atoms with Gasteiger partial charge in [-0.1, -0.05) is 24.3 Å². The van der Waals surface area contributed by atoms with Gasteiger partial charge in [0.1, 0.15) is 18.5 Å². The standard InChI is InChI=1S/C24H25BrN4O2/c1-26-13-14-31-22-12-9-17(15-19(22)25)24(30)27-18-10-7-16(8-11-18)23-28-20-5-3-4-6-21(20)29(23)2/h3-12,15,23,26,28H,13-14H2,1-2H3,(H,27,30). The maximum absolute atomic E-state index is 12.7. The van der Waals surface area contributed by atoms with Crippen molar-refractivity contribution in [2.45, 2.75) is 6.17 Å². The number of hydrogen-bond acceptors (Lipinski definition) is 5. The number of para-hydroxylation sites is 2. The van der Waals surface area contributed by atoms with Gasteiger partial charge in [-0.25, -0.2) is 0 Å². The number of fused-ring (bicyclic) bond motifs is 1. The Hall–Kier alpha value is -3.03. The number of amides is 1. The van der Waals surface area contributed by atoms with Crippen LogP contribution in [-0.2, 0) is 0 Å². The van der Waals surface area contributed by atoms with Crippen molar-refractivity contribution in [3.05, 3.63) is 82.3 Å². The minimum Gasteiger partial charge on any atom is -0.491 e. The summed E-state index contributed by atoms with van der Waals surface area (Å²) < 4.78 is 6.42. The Labute approximate surface area is 190 Å². The number of benzene rings is 3. The van der Waals surface area contributed by atoms with Crippen LogP contribution >= 0.6 is 15.9 Å². The highest BCUT2D eigenvalue weighted by molar-refractivity contribution is 9.10. The number of carbonyl (C=O) groups excluding carboxylic acids is 1. The van der Waals surface area contributed by atoms with Crippen molar-refractivity contribution in [2.24, 2.45) is 0 Å². The SMILES string of the molecule is CNCCOc1ccc(C(=O)Nc2ccc(C3Nc4ccccc4N3C)cc2)cc1Br. The summed E-state index contributed by atoms with van der Waals surface area (Å²) in [6.07, 6.45) is 0.0635. The number of nitrogens with zero attached hydrogens (tertiary/aromatic N) is 1. The number of anilines is 3. The fourth-order valence-corrected chi connectivity index (χ4v) is 4.06. The van der Waals surface area contributed by atoms with Crippen LogP contribution in [0.15, 0.2) is 71.2 Å². The average Bonchev–Trinajstić information content (AvgIpc) is 3.12. The fourth-order valence-electron chi connectivity index (χ4n) is 3.57. The molecular formula is C24H25BrN4O2. The molecule has 31 heavy (non-hydrogen) atoms. The van der Waals surface area contributed by atoms with Crippen LogP contribution in [0, 0.1) is 0 Å². The minimum atomic E-state index is -0.168.